The topological polar surface area (TPSA) is 52.0 Å². The van der Waals surface area contributed by atoms with Gasteiger partial charge in [-0.05, 0) is 24.1 Å². The normalized spacial score (nSPS) is 10.1. The quantitative estimate of drug-likeness (QED) is 0.631. The van der Waals surface area contributed by atoms with Gasteiger partial charge in [-0.25, -0.2) is 0 Å². The first-order valence-electron chi connectivity index (χ1n) is 3.40. The molecule has 1 rings (SSSR count). The maximum absolute atomic E-state index is 5.94. The van der Waals surface area contributed by atoms with E-state index in [-0.39, 0.29) is 0 Å². The summed E-state index contributed by atoms with van der Waals surface area (Å²) in [7, 11) is 0. The number of nitrogens with two attached hydrogens (primary N) is 2. The molecule has 1 aromatic rings. The van der Waals surface area contributed by atoms with Gasteiger partial charge >= 0.3 is 0 Å². The number of nitrogen functional groups attached to an aromatic ring is 1. The summed E-state index contributed by atoms with van der Waals surface area (Å²) in [6.07, 6.45) is 0. The lowest BCUT2D eigenvalue weighted by molar-refractivity contribution is 1.07. The van der Waals surface area contributed by atoms with Crippen molar-refractivity contribution in [3.63, 3.8) is 0 Å². The van der Waals surface area contributed by atoms with E-state index in [0.717, 1.165) is 11.1 Å². The molecule has 11 heavy (non-hydrogen) atoms. The molecule has 0 spiro atoms. The number of rotatable bonds is 1. The summed E-state index contributed by atoms with van der Waals surface area (Å²) < 4.78 is 0. The van der Waals surface area contributed by atoms with E-state index >= 15 is 0 Å². The van der Waals surface area contributed by atoms with Crippen molar-refractivity contribution in [2.45, 2.75) is 13.5 Å². The Morgan fingerprint density at radius 2 is 2.09 bits per heavy atom. The minimum atomic E-state index is 0.458. The Kier molecular flexibility index (Phi) is 2.37. The standard InChI is InChI=1S/C8H11ClN2/c1-5-7(11)3-2-6(4-10)8(5)9/h2-3H,4,10-11H2,1H3. The van der Waals surface area contributed by atoms with Crippen LogP contribution in [0.1, 0.15) is 11.1 Å². The third-order valence-electron chi connectivity index (χ3n) is 1.73. The molecule has 60 valence electrons. The average Bonchev–Trinajstić information content (AvgIpc) is 2.01. The maximum atomic E-state index is 5.94. The SMILES string of the molecule is Cc1c(N)ccc(CN)c1Cl. The fourth-order valence-corrected chi connectivity index (χ4v) is 1.16. The van der Waals surface area contributed by atoms with E-state index < -0.39 is 0 Å². The molecule has 1 aromatic carbocycles. The lowest BCUT2D eigenvalue weighted by Crippen LogP contribution is -2.00. The van der Waals surface area contributed by atoms with Crippen LogP contribution in [0.5, 0.6) is 0 Å². The van der Waals surface area contributed by atoms with Crippen LogP contribution in [0, 0.1) is 6.92 Å². The largest absolute Gasteiger partial charge is 0.398 e. The van der Waals surface area contributed by atoms with Gasteiger partial charge in [-0.3, -0.25) is 0 Å². The predicted octanol–water partition coefficient (Wildman–Crippen LogP) is 1.69. The van der Waals surface area contributed by atoms with Gasteiger partial charge in [-0.2, -0.15) is 0 Å². The number of hydrogen-bond acceptors (Lipinski definition) is 2. The van der Waals surface area contributed by atoms with E-state index in [1.807, 2.05) is 19.1 Å². The molecule has 0 unspecified atom stereocenters. The zero-order chi connectivity index (χ0) is 8.43. The first-order valence-corrected chi connectivity index (χ1v) is 3.78. The van der Waals surface area contributed by atoms with Crippen LogP contribution in [0.15, 0.2) is 12.1 Å². The molecule has 2 nitrogen and oxygen atoms in total. The fourth-order valence-electron chi connectivity index (χ4n) is 0.914. The van der Waals surface area contributed by atoms with Crippen LogP contribution < -0.4 is 11.5 Å². The predicted molar refractivity (Wildman–Crippen MR) is 48.5 cm³/mol. The highest BCUT2D eigenvalue weighted by Crippen LogP contribution is 2.24. The van der Waals surface area contributed by atoms with Gasteiger partial charge in [0.05, 0.1) is 5.02 Å². The van der Waals surface area contributed by atoms with Gasteiger partial charge in [0.2, 0.25) is 0 Å². The molecule has 0 saturated heterocycles. The van der Waals surface area contributed by atoms with Crippen molar-refractivity contribution in [1.82, 2.24) is 0 Å². The zero-order valence-electron chi connectivity index (χ0n) is 6.39. The van der Waals surface area contributed by atoms with Gasteiger partial charge in [-0.15, -0.1) is 0 Å². The van der Waals surface area contributed by atoms with E-state index in [2.05, 4.69) is 0 Å². The second kappa shape index (κ2) is 3.11. The third-order valence-corrected chi connectivity index (χ3v) is 2.25. The Morgan fingerprint density at radius 1 is 1.45 bits per heavy atom. The first-order chi connectivity index (χ1) is 5.16. The molecule has 0 aliphatic carbocycles. The minimum Gasteiger partial charge on any atom is -0.398 e. The van der Waals surface area contributed by atoms with E-state index in [1.165, 1.54) is 0 Å². The highest BCUT2D eigenvalue weighted by atomic mass is 35.5. The van der Waals surface area contributed by atoms with Crippen LogP contribution in [0.25, 0.3) is 0 Å². The molecule has 0 bridgehead atoms. The molecule has 0 amide bonds. The van der Waals surface area contributed by atoms with Crippen LogP contribution in [0.3, 0.4) is 0 Å². The summed E-state index contributed by atoms with van der Waals surface area (Å²) in [5.74, 6) is 0. The first kappa shape index (κ1) is 8.37. The average molecular weight is 171 g/mol. The Labute approximate surface area is 71.1 Å². The summed E-state index contributed by atoms with van der Waals surface area (Å²) >= 11 is 5.94. The van der Waals surface area contributed by atoms with E-state index in [9.17, 15) is 0 Å². The van der Waals surface area contributed by atoms with Crippen molar-refractivity contribution in [2.75, 3.05) is 5.73 Å². The van der Waals surface area contributed by atoms with Gasteiger partial charge in [0.1, 0.15) is 0 Å². The number of halogens is 1. The van der Waals surface area contributed by atoms with E-state index in [0.29, 0.717) is 17.3 Å². The highest BCUT2D eigenvalue weighted by molar-refractivity contribution is 6.32. The van der Waals surface area contributed by atoms with Gasteiger partial charge < -0.3 is 11.5 Å². The Morgan fingerprint density at radius 3 is 2.64 bits per heavy atom. The Hall–Kier alpha value is -0.730. The molecule has 0 aromatic heterocycles. The molecule has 3 heteroatoms. The molecule has 0 atom stereocenters. The smallest absolute Gasteiger partial charge is 0.0500 e. The molecule has 0 radical (unpaired) electrons. The van der Waals surface area contributed by atoms with Crippen LogP contribution in [0.2, 0.25) is 5.02 Å². The van der Waals surface area contributed by atoms with Crippen LogP contribution >= 0.6 is 11.6 Å². The van der Waals surface area contributed by atoms with Crippen molar-refractivity contribution >= 4 is 17.3 Å². The van der Waals surface area contributed by atoms with Crippen molar-refractivity contribution in [2.24, 2.45) is 5.73 Å². The number of anilines is 1. The third kappa shape index (κ3) is 1.47. The fraction of sp³-hybridized carbons (Fsp3) is 0.250. The zero-order valence-corrected chi connectivity index (χ0v) is 7.15. The molecule has 0 saturated carbocycles. The van der Waals surface area contributed by atoms with Crippen LogP contribution in [-0.4, -0.2) is 0 Å². The summed E-state index contributed by atoms with van der Waals surface area (Å²) in [5, 5.41) is 0.688. The molecular weight excluding hydrogens is 160 g/mol. The summed E-state index contributed by atoms with van der Waals surface area (Å²) in [6.45, 7) is 2.34. The number of benzene rings is 1. The van der Waals surface area contributed by atoms with Crippen molar-refractivity contribution < 1.29 is 0 Å². The number of hydrogen-bond donors (Lipinski definition) is 2. The Bertz CT molecular complexity index is 271. The van der Waals surface area contributed by atoms with Gasteiger partial charge in [0.15, 0.2) is 0 Å². The van der Waals surface area contributed by atoms with Gasteiger partial charge in [0.25, 0.3) is 0 Å². The maximum Gasteiger partial charge on any atom is 0.0500 e. The van der Waals surface area contributed by atoms with Crippen LogP contribution in [-0.2, 0) is 6.54 Å². The molecule has 0 fully saturated rings. The van der Waals surface area contributed by atoms with Crippen molar-refractivity contribution in [3.8, 4) is 0 Å². The van der Waals surface area contributed by atoms with E-state index in [1.54, 1.807) is 0 Å². The lowest BCUT2D eigenvalue weighted by Gasteiger charge is -2.06. The molecule has 0 heterocycles. The summed E-state index contributed by atoms with van der Waals surface area (Å²) in [5.41, 5.74) is 13.6. The molecule has 4 N–H and O–H groups in total. The molecule has 0 aliphatic rings. The highest BCUT2D eigenvalue weighted by Gasteiger charge is 2.03. The summed E-state index contributed by atoms with van der Waals surface area (Å²) in [4.78, 5) is 0. The molecular formula is C8H11ClN2. The van der Waals surface area contributed by atoms with Crippen LogP contribution in [0.4, 0.5) is 5.69 Å². The summed E-state index contributed by atoms with van der Waals surface area (Å²) in [6, 6.07) is 3.67. The minimum absolute atomic E-state index is 0.458. The second-order valence-electron chi connectivity index (χ2n) is 2.46. The van der Waals surface area contributed by atoms with Crippen molar-refractivity contribution in [1.29, 1.82) is 0 Å². The van der Waals surface area contributed by atoms with E-state index in [4.69, 9.17) is 23.1 Å². The lowest BCUT2D eigenvalue weighted by atomic mass is 10.1. The van der Waals surface area contributed by atoms with Gasteiger partial charge in [0, 0.05) is 12.2 Å². The second-order valence-corrected chi connectivity index (χ2v) is 2.83. The Balaban J connectivity index is 3.25. The van der Waals surface area contributed by atoms with Gasteiger partial charge in [-0.1, -0.05) is 17.7 Å². The van der Waals surface area contributed by atoms with Crippen molar-refractivity contribution in [3.05, 3.63) is 28.3 Å². The monoisotopic (exact) mass is 170 g/mol. The molecule has 0 aliphatic heterocycles.